The fraction of sp³-hybridized carbons (Fsp3) is 0.222. The second-order valence-corrected chi connectivity index (χ2v) is 5.26. The van der Waals surface area contributed by atoms with E-state index in [9.17, 15) is 8.78 Å². The zero-order valence-corrected chi connectivity index (χ0v) is 11.6. The minimum atomic E-state index is -1.03. The van der Waals surface area contributed by atoms with Gasteiger partial charge in [-0.3, -0.25) is 0 Å². The summed E-state index contributed by atoms with van der Waals surface area (Å²) < 4.78 is 33.0. The molecule has 0 spiro atoms. The van der Waals surface area contributed by atoms with Crippen LogP contribution in [0.25, 0.3) is 10.2 Å². The Morgan fingerprint density at radius 3 is 2.76 bits per heavy atom. The van der Waals surface area contributed by atoms with Crippen molar-refractivity contribution in [1.29, 1.82) is 0 Å². The molecule has 17 heavy (non-hydrogen) atoms. The van der Waals surface area contributed by atoms with Crippen LogP contribution < -0.4 is 10.5 Å². The first kappa shape index (κ1) is 14.6. The third-order valence-corrected chi connectivity index (χ3v) is 3.34. The first-order chi connectivity index (χ1) is 7.63. The van der Waals surface area contributed by atoms with Crippen LogP contribution in [0.15, 0.2) is 9.98 Å². The Hall–Kier alpha value is -0.500. The monoisotopic (exact) mass is 344 g/mol. The molecule has 0 amide bonds. The number of rotatable bonds is 3. The predicted molar refractivity (Wildman–Crippen MR) is 69.0 cm³/mol. The molecule has 0 atom stereocenters. The Labute approximate surface area is 115 Å². The molecule has 2 aromatic rings. The first-order valence-electron chi connectivity index (χ1n) is 4.40. The molecular formula is C9H8BrClF2N2OS. The molecule has 0 unspecified atom stereocenters. The van der Waals surface area contributed by atoms with Gasteiger partial charge in [0.2, 0.25) is 5.82 Å². The fourth-order valence-corrected chi connectivity index (χ4v) is 2.65. The van der Waals surface area contributed by atoms with Gasteiger partial charge in [-0.05, 0) is 15.9 Å². The number of hydrogen-bond acceptors (Lipinski definition) is 4. The molecule has 0 aliphatic rings. The van der Waals surface area contributed by atoms with Gasteiger partial charge in [0.05, 0.1) is 4.70 Å². The summed E-state index contributed by atoms with van der Waals surface area (Å²) in [4.78, 5) is 3.83. The van der Waals surface area contributed by atoms with E-state index in [0.717, 1.165) is 0 Å². The Balaban J connectivity index is 0.00000144. The lowest BCUT2D eigenvalue weighted by molar-refractivity contribution is 0.305. The summed E-state index contributed by atoms with van der Waals surface area (Å²) in [7, 11) is 0. The average molecular weight is 346 g/mol. The highest BCUT2D eigenvalue weighted by atomic mass is 79.9. The second-order valence-electron chi connectivity index (χ2n) is 2.95. The molecule has 2 N–H and O–H groups in total. The molecule has 2 rings (SSSR count). The summed E-state index contributed by atoms with van der Waals surface area (Å²) in [5.41, 5.74) is 5.23. The summed E-state index contributed by atoms with van der Waals surface area (Å²) in [6, 6.07) is 1.42. The summed E-state index contributed by atoms with van der Waals surface area (Å²) in [5, 5.41) is 0. The number of hydrogen-bond donors (Lipinski definition) is 1. The standard InChI is InChI=1S/C9H7BrF2N2OS.ClH/c10-9-14-8-5(16-9)3-4(15-2-1-13)6(11)7(8)12;/h3H,1-2,13H2;1H. The maximum absolute atomic E-state index is 13.5. The van der Waals surface area contributed by atoms with Crippen molar-refractivity contribution in [3.63, 3.8) is 0 Å². The van der Waals surface area contributed by atoms with Crippen LogP contribution in [0.1, 0.15) is 0 Å². The van der Waals surface area contributed by atoms with Crippen LogP contribution in [0, 0.1) is 11.6 Å². The molecule has 1 aromatic carbocycles. The minimum Gasteiger partial charge on any atom is -0.489 e. The van der Waals surface area contributed by atoms with Crippen molar-refractivity contribution in [2.24, 2.45) is 5.73 Å². The second kappa shape index (κ2) is 5.90. The summed E-state index contributed by atoms with van der Waals surface area (Å²) in [6.45, 7) is 0.382. The highest BCUT2D eigenvalue weighted by molar-refractivity contribution is 9.11. The maximum atomic E-state index is 13.5. The van der Waals surface area contributed by atoms with E-state index in [0.29, 0.717) is 8.62 Å². The molecule has 94 valence electrons. The van der Waals surface area contributed by atoms with Crippen molar-refractivity contribution in [2.75, 3.05) is 13.2 Å². The van der Waals surface area contributed by atoms with Crippen LogP contribution in [0.2, 0.25) is 0 Å². The van der Waals surface area contributed by atoms with Gasteiger partial charge in [0, 0.05) is 12.6 Å². The van der Waals surface area contributed by atoms with Crippen LogP contribution in [-0.4, -0.2) is 18.1 Å². The summed E-state index contributed by atoms with van der Waals surface area (Å²) >= 11 is 4.33. The van der Waals surface area contributed by atoms with E-state index in [2.05, 4.69) is 20.9 Å². The lowest BCUT2D eigenvalue weighted by Crippen LogP contribution is -2.11. The zero-order chi connectivity index (χ0) is 11.7. The lowest BCUT2D eigenvalue weighted by Gasteiger charge is -2.06. The van der Waals surface area contributed by atoms with Crippen LogP contribution >= 0.6 is 39.7 Å². The Morgan fingerprint density at radius 1 is 1.41 bits per heavy atom. The number of nitrogens with zero attached hydrogens (tertiary/aromatic N) is 1. The predicted octanol–water partition coefficient (Wildman–Crippen LogP) is 3.10. The number of nitrogens with two attached hydrogens (primary N) is 1. The molecule has 0 fully saturated rings. The van der Waals surface area contributed by atoms with Gasteiger partial charge in [0.25, 0.3) is 0 Å². The van der Waals surface area contributed by atoms with E-state index in [4.69, 9.17) is 10.5 Å². The molecule has 3 nitrogen and oxygen atoms in total. The molecule has 0 saturated heterocycles. The lowest BCUT2D eigenvalue weighted by atomic mass is 10.3. The van der Waals surface area contributed by atoms with Gasteiger partial charge in [-0.2, -0.15) is 4.39 Å². The van der Waals surface area contributed by atoms with Gasteiger partial charge in [-0.1, -0.05) is 0 Å². The number of aromatic nitrogens is 1. The topological polar surface area (TPSA) is 48.1 Å². The van der Waals surface area contributed by atoms with Crippen LogP contribution in [0.5, 0.6) is 5.75 Å². The van der Waals surface area contributed by atoms with Gasteiger partial charge in [-0.25, -0.2) is 9.37 Å². The smallest absolute Gasteiger partial charge is 0.202 e. The zero-order valence-electron chi connectivity index (χ0n) is 8.37. The van der Waals surface area contributed by atoms with Crippen LogP contribution in [0.3, 0.4) is 0 Å². The fourth-order valence-electron chi connectivity index (χ4n) is 1.23. The highest BCUT2D eigenvalue weighted by Gasteiger charge is 2.17. The van der Waals surface area contributed by atoms with E-state index in [-0.39, 0.29) is 36.8 Å². The number of benzene rings is 1. The first-order valence-corrected chi connectivity index (χ1v) is 6.01. The molecular weight excluding hydrogens is 338 g/mol. The summed E-state index contributed by atoms with van der Waals surface area (Å²) in [6.07, 6.45) is 0. The minimum absolute atomic E-state index is 0. The SMILES string of the molecule is Cl.NCCOc1cc2sc(Br)nc2c(F)c1F. The normalized spacial score (nSPS) is 10.4. The Bertz CT molecular complexity index is 537. The van der Waals surface area contributed by atoms with Crippen molar-refractivity contribution >= 4 is 49.9 Å². The van der Waals surface area contributed by atoms with E-state index in [1.165, 1.54) is 17.4 Å². The van der Waals surface area contributed by atoms with Gasteiger partial charge < -0.3 is 10.5 Å². The van der Waals surface area contributed by atoms with Crippen molar-refractivity contribution in [3.05, 3.63) is 21.6 Å². The van der Waals surface area contributed by atoms with Crippen LogP contribution in [-0.2, 0) is 0 Å². The van der Waals surface area contributed by atoms with E-state index in [1.54, 1.807) is 0 Å². The van der Waals surface area contributed by atoms with E-state index < -0.39 is 11.6 Å². The molecule has 0 radical (unpaired) electrons. The third kappa shape index (κ3) is 2.85. The van der Waals surface area contributed by atoms with Crippen molar-refractivity contribution in [1.82, 2.24) is 4.98 Å². The van der Waals surface area contributed by atoms with Gasteiger partial charge in [0.1, 0.15) is 12.1 Å². The van der Waals surface area contributed by atoms with Crippen LogP contribution in [0.4, 0.5) is 8.78 Å². The Kier molecular flexibility index (Phi) is 5.05. The third-order valence-electron chi connectivity index (χ3n) is 1.88. The molecule has 1 aromatic heterocycles. The van der Waals surface area contributed by atoms with E-state index in [1.807, 2.05) is 0 Å². The highest BCUT2D eigenvalue weighted by Crippen LogP contribution is 2.33. The number of thiazole rings is 1. The Morgan fingerprint density at radius 2 is 2.12 bits per heavy atom. The molecule has 0 bridgehead atoms. The van der Waals surface area contributed by atoms with E-state index >= 15 is 0 Å². The van der Waals surface area contributed by atoms with Gasteiger partial charge in [0.15, 0.2) is 15.5 Å². The van der Waals surface area contributed by atoms with Crippen molar-refractivity contribution < 1.29 is 13.5 Å². The molecule has 0 saturated carbocycles. The van der Waals surface area contributed by atoms with Crippen molar-refractivity contribution in [3.8, 4) is 5.75 Å². The van der Waals surface area contributed by atoms with Gasteiger partial charge >= 0.3 is 0 Å². The largest absolute Gasteiger partial charge is 0.489 e. The number of halogens is 4. The number of fused-ring (bicyclic) bond motifs is 1. The quantitative estimate of drug-likeness (QED) is 0.930. The summed E-state index contributed by atoms with van der Waals surface area (Å²) in [5.74, 6) is -2.16. The maximum Gasteiger partial charge on any atom is 0.202 e. The molecule has 0 aliphatic carbocycles. The molecule has 0 aliphatic heterocycles. The molecule has 1 heterocycles. The van der Waals surface area contributed by atoms with Gasteiger partial charge in [-0.15, -0.1) is 23.7 Å². The van der Waals surface area contributed by atoms with Crippen molar-refractivity contribution in [2.45, 2.75) is 0 Å². The average Bonchev–Trinajstić information content (AvgIpc) is 2.62. The number of ether oxygens (including phenoxy) is 1. The molecule has 8 heteroatoms.